The van der Waals surface area contributed by atoms with E-state index in [2.05, 4.69) is 26.6 Å². The zero-order valence-electron chi connectivity index (χ0n) is 14.1. The largest absolute Gasteiger partial charge is 0.325 e. The fraction of sp³-hybridized carbons (Fsp3) is 0.167. The molecule has 1 aliphatic heterocycles. The maximum Gasteiger partial charge on any atom is 0.325 e. The number of nitrogens with one attached hydrogen (secondary N) is 2. The van der Waals surface area contributed by atoms with Crippen LogP contribution in [0, 0.1) is 11.6 Å². The van der Waals surface area contributed by atoms with Crippen molar-refractivity contribution in [3.63, 3.8) is 0 Å². The summed E-state index contributed by atoms with van der Waals surface area (Å²) in [6, 6.07) is 8.70. The molecule has 3 rings (SSSR count). The van der Waals surface area contributed by atoms with Crippen LogP contribution in [0.1, 0.15) is 12.5 Å². The van der Waals surface area contributed by atoms with Crippen LogP contribution in [0.2, 0.25) is 0 Å². The number of carbonyl (C=O) groups excluding carboxylic acids is 3. The van der Waals surface area contributed by atoms with Gasteiger partial charge in [-0.1, -0.05) is 34.1 Å². The predicted molar refractivity (Wildman–Crippen MR) is 96.7 cm³/mol. The molecular weight excluding hydrogens is 424 g/mol. The van der Waals surface area contributed by atoms with E-state index >= 15 is 0 Å². The van der Waals surface area contributed by atoms with Crippen molar-refractivity contribution in [2.75, 3.05) is 11.9 Å². The van der Waals surface area contributed by atoms with Gasteiger partial charge in [-0.25, -0.2) is 13.6 Å². The topological polar surface area (TPSA) is 78.5 Å². The third-order valence-electron chi connectivity index (χ3n) is 4.19. The molecule has 0 radical (unpaired) electrons. The first-order valence-corrected chi connectivity index (χ1v) is 8.65. The van der Waals surface area contributed by atoms with E-state index in [1.165, 1.54) is 6.92 Å². The van der Waals surface area contributed by atoms with Gasteiger partial charge in [0.2, 0.25) is 5.91 Å². The van der Waals surface area contributed by atoms with E-state index in [0.29, 0.717) is 10.0 Å². The molecule has 2 aromatic carbocycles. The Bertz CT molecular complexity index is 953. The summed E-state index contributed by atoms with van der Waals surface area (Å²) in [5.74, 6) is -3.03. The lowest BCUT2D eigenvalue weighted by Crippen LogP contribution is -2.42. The molecule has 6 nitrogen and oxygen atoms in total. The van der Waals surface area contributed by atoms with E-state index in [-0.39, 0.29) is 5.69 Å². The van der Waals surface area contributed by atoms with Crippen molar-refractivity contribution in [2.24, 2.45) is 0 Å². The summed E-state index contributed by atoms with van der Waals surface area (Å²) in [7, 11) is 0. The lowest BCUT2D eigenvalue weighted by atomic mass is 9.92. The number of urea groups is 1. The van der Waals surface area contributed by atoms with Crippen LogP contribution in [0.15, 0.2) is 46.9 Å². The normalized spacial score (nSPS) is 19.2. The maximum absolute atomic E-state index is 13.6. The maximum atomic E-state index is 13.6. The van der Waals surface area contributed by atoms with Gasteiger partial charge in [-0.05, 0) is 25.1 Å². The number of amides is 4. The minimum Gasteiger partial charge on any atom is -0.322 e. The summed E-state index contributed by atoms with van der Waals surface area (Å²) in [5.41, 5.74) is -1.20. The number of benzene rings is 2. The van der Waals surface area contributed by atoms with Crippen molar-refractivity contribution in [3.8, 4) is 0 Å². The van der Waals surface area contributed by atoms with Crippen LogP contribution in [0.4, 0.5) is 19.3 Å². The highest BCUT2D eigenvalue weighted by molar-refractivity contribution is 9.10. The van der Waals surface area contributed by atoms with Crippen LogP contribution >= 0.6 is 15.9 Å². The molecule has 1 atom stereocenters. The quantitative estimate of drug-likeness (QED) is 0.721. The van der Waals surface area contributed by atoms with Gasteiger partial charge < -0.3 is 10.6 Å². The predicted octanol–water partition coefficient (Wildman–Crippen LogP) is 3.13. The lowest BCUT2D eigenvalue weighted by Gasteiger charge is -2.23. The van der Waals surface area contributed by atoms with Crippen molar-refractivity contribution in [2.45, 2.75) is 12.5 Å². The second-order valence-corrected chi connectivity index (χ2v) is 6.95. The molecule has 4 amide bonds. The number of rotatable bonds is 4. The van der Waals surface area contributed by atoms with Crippen molar-refractivity contribution in [3.05, 3.63) is 64.1 Å². The average molecular weight is 438 g/mol. The standard InChI is InChI=1S/C18H14BrF2N3O3/c1-18(11-4-2-3-5-12(11)19)16(26)24(17(27)23-18)9-15(25)22-14-8-10(20)6-7-13(14)21/h2-8H,9H2,1H3,(H,22,25)(H,23,27). The summed E-state index contributed by atoms with van der Waals surface area (Å²) in [5, 5.41) is 4.73. The zero-order valence-corrected chi connectivity index (χ0v) is 15.6. The van der Waals surface area contributed by atoms with Crippen molar-refractivity contribution in [1.82, 2.24) is 10.2 Å². The molecule has 27 heavy (non-hydrogen) atoms. The van der Waals surface area contributed by atoms with Gasteiger partial charge in [0.15, 0.2) is 0 Å². The number of hydrogen-bond donors (Lipinski definition) is 2. The molecule has 140 valence electrons. The highest BCUT2D eigenvalue weighted by Gasteiger charge is 2.50. The van der Waals surface area contributed by atoms with Crippen molar-refractivity contribution < 1.29 is 23.2 Å². The van der Waals surface area contributed by atoms with Gasteiger partial charge in [0.25, 0.3) is 5.91 Å². The Balaban J connectivity index is 1.79. The van der Waals surface area contributed by atoms with Gasteiger partial charge in [-0.3, -0.25) is 14.5 Å². The van der Waals surface area contributed by atoms with Gasteiger partial charge in [-0.2, -0.15) is 0 Å². The first-order chi connectivity index (χ1) is 12.7. The smallest absolute Gasteiger partial charge is 0.322 e. The second kappa shape index (κ2) is 7.07. The van der Waals surface area contributed by atoms with Crippen LogP contribution in [0.25, 0.3) is 0 Å². The molecule has 0 bridgehead atoms. The minimum atomic E-state index is -1.36. The third-order valence-corrected chi connectivity index (χ3v) is 4.88. The molecule has 9 heteroatoms. The first-order valence-electron chi connectivity index (χ1n) is 7.86. The Hall–Kier alpha value is -2.81. The van der Waals surface area contributed by atoms with Gasteiger partial charge >= 0.3 is 6.03 Å². The van der Waals surface area contributed by atoms with E-state index in [4.69, 9.17) is 0 Å². The number of imide groups is 1. The van der Waals surface area contributed by atoms with E-state index in [9.17, 15) is 23.2 Å². The number of halogens is 3. The Morgan fingerprint density at radius 1 is 1.22 bits per heavy atom. The zero-order chi connectivity index (χ0) is 19.8. The van der Waals surface area contributed by atoms with Crippen LogP contribution < -0.4 is 10.6 Å². The molecule has 1 saturated heterocycles. The van der Waals surface area contributed by atoms with E-state index in [0.717, 1.165) is 23.1 Å². The fourth-order valence-electron chi connectivity index (χ4n) is 2.82. The highest BCUT2D eigenvalue weighted by atomic mass is 79.9. The van der Waals surface area contributed by atoms with Gasteiger partial charge in [-0.15, -0.1) is 0 Å². The number of anilines is 1. The van der Waals surface area contributed by atoms with Crippen molar-refractivity contribution >= 4 is 39.5 Å². The van der Waals surface area contributed by atoms with Crippen LogP contribution in [-0.2, 0) is 15.1 Å². The summed E-state index contributed by atoms with van der Waals surface area (Å²) in [6.07, 6.45) is 0. The summed E-state index contributed by atoms with van der Waals surface area (Å²) < 4.78 is 27.5. The Kier molecular flexibility index (Phi) is 4.97. The Morgan fingerprint density at radius 2 is 1.93 bits per heavy atom. The van der Waals surface area contributed by atoms with E-state index < -0.39 is 41.6 Å². The molecule has 1 fully saturated rings. The molecule has 1 aliphatic rings. The monoisotopic (exact) mass is 437 g/mol. The molecule has 2 N–H and O–H groups in total. The molecule has 1 heterocycles. The molecule has 2 aromatic rings. The third kappa shape index (κ3) is 3.55. The minimum absolute atomic E-state index is 0.374. The summed E-state index contributed by atoms with van der Waals surface area (Å²) in [6.45, 7) is 0.887. The van der Waals surface area contributed by atoms with E-state index in [1.54, 1.807) is 24.3 Å². The van der Waals surface area contributed by atoms with E-state index in [1.807, 2.05) is 0 Å². The summed E-state index contributed by atoms with van der Waals surface area (Å²) in [4.78, 5) is 37.9. The van der Waals surface area contributed by atoms with Crippen LogP contribution in [0.5, 0.6) is 0 Å². The number of nitrogens with zero attached hydrogens (tertiary/aromatic N) is 1. The van der Waals surface area contributed by atoms with Gasteiger partial charge in [0.1, 0.15) is 23.7 Å². The fourth-order valence-corrected chi connectivity index (χ4v) is 3.50. The highest BCUT2D eigenvalue weighted by Crippen LogP contribution is 2.33. The molecule has 0 spiro atoms. The molecule has 0 aliphatic carbocycles. The van der Waals surface area contributed by atoms with Gasteiger partial charge in [0, 0.05) is 16.1 Å². The number of hydrogen-bond acceptors (Lipinski definition) is 3. The van der Waals surface area contributed by atoms with Crippen LogP contribution in [-0.4, -0.2) is 29.3 Å². The Labute approximate surface area is 161 Å². The number of carbonyl (C=O) groups is 3. The SMILES string of the molecule is CC1(c2ccccc2Br)NC(=O)N(CC(=O)Nc2cc(F)ccc2F)C1=O. The Morgan fingerprint density at radius 3 is 2.63 bits per heavy atom. The lowest BCUT2D eigenvalue weighted by molar-refractivity contribution is -0.133. The molecular formula is C18H14BrF2N3O3. The molecule has 0 saturated carbocycles. The molecule has 1 unspecified atom stereocenters. The van der Waals surface area contributed by atoms with Crippen LogP contribution in [0.3, 0.4) is 0 Å². The second-order valence-electron chi connectivity index (χ2n) is 6.10. The average Bonchev–Trinajstić information content (AvgIpc) is 2.82. The first kappa shape index (κ1) is 19.0. The van der Waals surface area contributed by atoms with Gasteiger partial charge in [0.05, 0.1) is 5.69 Å². The van der Waals surface area contributed by atoms with Crippen molar-refractivity contribution in [1.29, 1.82) is 0 Å². The molecule has 0 aromatic heterocycles. The summed E-state index contributed by atoms with van der Waals surface area (Å²) >= 11 is 3.34.